The summed E-state index contributed by atoms with van der Waals surface area (Å²) in [6.07, 6.45) is 6.92. The molecule has 2 aromatic carbocycles. The molecule has 0 saturated carbocycles. The summed E-state index contributed by atoms with van der Waals surface area (Å²) in [7, 11) is 0. The van der Waals surface area contributed by atoms with Crippen LogP contribution in [0.4, 0.5) is 5.69 Å². The molecule has 1 aliphatic carbocycles. The number of benzene rings is 2. The highest BCUT2D eigenvalue weighted by atomic mass is 16.3. The van der Waals surface area contributed by atoms with E-state index < -0.39 is 0 Å². The predicted molar refractivity (Wildman–Crippen MR) is 86.6 cm³/mol. The summed E-state index contributed by atoms with van der Waals surface area (Å²) in [5, 5.41) is 4.81. The zero-order chi connectivity index (χ0) is 14.1. The van der Waals surface area contributed by atoms with Gasteiger partial charge in [0.05, 0.1) is 6.26 Å². The van der Waals surface area contributed by atoms with Crippen molar-refractivity contribution in [3.63, 3.8) is 0 Å². The minimum absolute atomic E-state index is 0.813. The average Bonchev–Trinajstić information content (AvgIpc) is 2.96. The first-order valence-corrected chi connectivity index (χ1v) is 7.71. The number of aryl methyl sites for hydroxylation is 1. The summed E-state index contributed by atoms with van der Waals surface area (Å²) in [4.78, 5) is 0. The highest BCUT2D eigenvalue weighted by molar-refractivity contribution is 5.81. The Hall–Kier alpha value is -2.22. The molecule has 0 fully saturated rings. The van der Waals surface area contributed by atoms with Crippen LogP contribution in [-0.4, -0.2) is 0 Å². The number of hydrogen-bond acceptors (Lipinski definition) is 2. The molecule has 1 aromatic heterocycles. The lowest BCUT2D eigenvalue weighted by Crippen LogP contribution is -2.08. The van der Waals surface area contributed by atoms with Crippen LogP contribution in [0.25, 0.3) is 11.0 Å². The fourth-order valence-corrected chi connectivity index (χ4v) is 3.31. The molecule has 0 radical (unpaired) electrons. The molecule has 106 valence electrons. The number of fused-ring (bicyclic) bond motifs is 2. The molecule has 0 aliphatic heterocycles. The maximum absolute atomic E-state index is 5.61. The quantitative estimate of drug-likeness (QED) is 0.734. The molecule has 1 N–H and O–H groups in total. The van der Waals surface area contributed by atoms with Crippen molar-refractivity contribution in [2.45, 2.75) is 32.2 Å². The van der Waals surface area contributed by atoms with E-state index in [4.69, 9.17) is 4.42 Å². The van der Waals surface area contributed by atoms with Gasteiger partial charge in [0.15, 0.2) is 0 Å². The van der Waals surface area contributed by atoms with Gasteiger partial charge in [0.1, 0.15) is 5.58 Å². The number of rotatable bonds is 3. The van der Waals surface area contributed by atoms with Crippen molar-refractivity contribution < 1.29 is 4.42 Å². The Morgan fingerprint density at radius 2 is 1.86 bits per heavy atom. The van der Waals surface area contributed by atoms with Gasteiger partial charge in [-0.1, -0.05) is 30.3 Å². The van der Waals surface area contributed by atoms with E-state index in [1.54, 1.807) is 0 Å². The van der Waals surface area contributed by atoms with E-state index in [0.29, 0.717) is 0 Å². The van der Waals surface area contributed by atoms with Gasteiger partial charge >= 0.3 is 0 Å². The first-order valence-electron chi connectivity index (χ1n) is 7.71. The van der Waals surface area contributed by atoms with Gasteiger partial charge in [-0.3, -0.25) is 0 Å². The highest BCUT2D eigenvalue weighted by Gasteiger charge is 2.13. The van der Waals surface area contributed by atoms with Gasteiger partial charge < -0.3 is 9.73 Å². The van der Waals surface area contributed by atoms with E-state index in [-0.39, 0.29) is 0 Å². The van der Waals surface area contributed by atoms with E-state index in [1.165, 1.54) is 53.4 Å². The lowest BCUT2D eigenvalue weighted by atomic mass is 9.90. The second-order valence-electron chi connectivity index (χ2n) is 5.76. The maximum atomic E-state index is 5.61. The summed E-state index contributed by atoms with van der Waals surface area (Å²) in [5.41, 5.74) is 6.50. The van der Waals surface area contributed by atoms with Crippen molar-refractivity contribution in [1.82, 2.24) is 0 Å². The summed E-state index contributed by atoms with van der Waals surface area (Å²) < 4.78 is 5.61. The van der Waals surface area contributed by atoms with Crippen LogP contribution in [0.3, 0.4) is 0 Å². The fraction of sp³-hybridized carbons (Fsp3) is 0.263. The fourth-order valence-electron chi connectivity index (χ4n) is 3.31. The molecule has 0 saturated heterocycles. The second kappa shape index (κ2) is 5.28. The smallest absolute Gasteiger partial charge is 0.134 e. The Labute approximate surface area is 124 Å². The molecule has 4 rings (SSSR count). The lowest BCUT2D eigenvalue weighted by Gasteiger charge is -2.20. The van der Waals surface area contributed by atoms with Crippen molar-refractivity contribution >= 4 is 16.7 Å². The molecule has 2 nitrogen and oxygen atoms in total. The van der Waals surface area contributed by atoms with Crippen LogP contribution in [0.2, 0.25) is 0 Å². The van der Waals surface area contributed by atoms with Crippen LogP contribution in [-0.2, 0) is 19.4 Å². The Morgan fingerprint density at radius 3 is 2.86 bits per heavy atom. The van der Waals surface area contributed by atoms with Crippen LogP contribution in [0.5, 0.6) is 0 Å². The van der Waals surface area contributed by atoms with Crippen molar-refractivity contribution in [1.29, 1.82) is 0 Å². The molecule has 0 amide bonds. The predicted octanol–water partition coefficient (Wildman–Crippen LogP) is 4.92. The molecule has 0 bridgehead atoms. The molecule has 3 aromatic rings. The average molecular weight is 277 g/mol. The molecule has 0 atom stereocenters. The van der Waals surface area contributed by atoms with Gasteiger partial charge in [-0.2, -0.15) is 0 Å². The van der Waals surface area contributed by atoms with Crippen LogP contribution in [0.1, 0.15) is 29.5 Å². The first kappa shape index (κ1) is 12.5. The highest BCUT2D eigenvalue weighted by Crippen LogP contribution is 2.29. The van der Waals surface area contributed by atoms with E-state index in [2.05, 4.69) is 35.6 Å². The van der Waals surface area contributed by atoms with Gasteiger partial charge in [-0.25, -0.2) is 0 Å². The molecule has 0 unspecified atom stereocenters. The third-order valence-electron chi connectivity index (χ3n) is 4.43. The van der Waals surface area contributed by atoms with E-state index in [9.17, 15) is 0 Å². The Kier molecular flexibility index (Phi) is 3.15. The minimum atomic E-state index is 0.813. The van der Waals surface area contributed by atoms with Crippen molar-refractivity contribution in [3.05, 3.63) is 65.4 Å². The minimum Gasteiger partial charge on any atom is -0.464 e. The van der Waals surface area contributed by atoms with Crippen LogP contribution in [0, 0.1) is 0 Å². The van der Waals surface area contributed by atoms with Gasteiger partial charge in [0.2, 0.25) is 0 Å². The summed E-state index contributed by atoms with van der Waals surface area (Å²) >= 11 is 0. The topological polar surface area (TPSA) is 25.2 Å². The third-order valence-corrected chi connectivity index (χ3v) is 4.43. The van der Waals surface area contributed by atoms with E-state index in [1.807, 2.05) is 18.4 Å². The molecule has 0 spiro atoms. The zero-order valence-corrected chi connectivity index (χ0v) is 12.1. The monoisotopic (exact) mass is 277 g/mol. The lowest BCUT2D eigenvalue weighted by molar-refractivity contribution is 0.611. The summed E-state index contributed by atoms with van der Waals surface area (Å²) in [6.45, 7) is 0.813. The van der Waals surface area contributed by atoms with Gasteiger partial charge in [-0.15, -0.1) is 0 Å². The van der Waals surface area contributed by atoms with Crippen molar-refractivity contribution in [3.8, 4) is 0 Å². The van der Waals surface area contributed by atoms with Gasteiger partial charge in [-0.05, 0) is 48.9 Å². The second-order valence-corrected chi connectivity index (χ2v) is 5.76. The van der Waals surface area contributed by atoms with E-state index in [0.717, 1.165) is 12.1 Å². The SMILES string of the molecule is c1cc2c(c(NCc3coc4ccccc34)c1)CCCC2. The maximum Gasteiger partial charge on any atom is 0.134 e. The van der Waals surface area contributed by atoms with Crippen LogP contribution in [0.15, 0.2) is 53.1 Å². The number of nitrogens with one attached hydrogen (secondary N) is 1. The third kappa shape index (κ3) is 2.31. The zero-order valence-electron chi connectivity index (χ0n) is 12.1. The number of furan rings is 1. The molecular formula is C19H19NO. The van der Waals surface area contributed by atoms with Crippen LogP contribution >= 0.6 is 0 Å². The van der Waals surface area contributed by atoms with Gasteiger partial charge in [0, 0.05) is 23.2 Å². The van der Waals surface area contributed by atoms with Crippen LogP contribution < -0.4 is 5.32 Å². The Morgan fingerprint density at radius 1 is 0.952 bits per heavy atom. The molecular weight excluding hydrogens is 258 g/mol. The van der Waals surface area contributed by atoms with E-state index >= 15 is 0 Å². The van der Waals surface area contributed by atoms with Gasteiger partial charge in [0.25, 0.3) is 0 Å². The Balaban J connectivity index is 1.60. The number of hydrogen-bond donors (Lipinski definition) is 1. The number of anilines is 1. The van der Waals surface area contributed by atoms with Crippen molar-refractivity contribution in [2.24, 2.45) is 0 Å². The standard InChI is InChI=1S/C19H19NO/c1-2-8-16-14(6-1)7-5-10-18(16)20-12-15-13-21-19-11-4-3-9-17(15)19/h3-5,7,9-11,13,20H,1-2,6,8,12H2. The molecule has 21 heavy (non-hydrogen) atoms. The molecule has 2 heteroatoms. The molecule has 1 heterocycles. The van der Waals surface area contributed by atoms with Crippen molar-refractivity contribution in [2.75, 3.05) is 5.32 Å². The Bertz CT molecular complexity index is 772. The molecule has 1 aliphatic rings. The largest absolute Gasteiger partial charge is 0.464 e. The number of para-hydroxylation sites is 1. The summed E-state index contributed by atoms with van der Waals surface area (Å²) in [6, 6.07) is 14.8. The normalized spacial score (nSPS) is 14.1. The summed E-state index contributed by atoms with van der Waals surface area (Å²) in [5.74, 6) is 0. The first-order chi connectivity index (χ1) is 10.4.